The van der Waals surface area contributed by atoms with Crippen LogP contribution >= 0.6 is 0 Å². The summed E-state index contributed by atoms with van der Waals surface area (Å²) >= 11 is 0. The molecule has 0 radical (unpaired) electrons. The van der Waals surface area contributed by atoms with Gasteiger partial charge in [-0.1, -0.05) is 20.8 Å². The first-order chi connectivity index (χ1) is 10.3. The minimum absolute atomic E-state index is 0.00241. The average Bonchev–Trinajstić information content (AvgIpc) is 2.50. The minimum atomic E-state index is -0.857. The van der Waals surface area contributed by atoms with Crippen molar-refractivity contribution in [2.45, 2.75) is 46.5 Å². The Morgan fingerprint density at radius 3 is 2.59 bits per heavy atom. The third-order valence-electron chi connectivity index (χ3n) is 4.29. The number of hydrogen-bond acceptors (Lipinski definition) is 3. The van der Waals surface area contributed by atoms with Gasteiger partial charge in [0.15, 0.2) is 0 Å². The van der Waals surface area contributed by atoms with Gasteiger partial charge in [-0.2, -0.15) is 0 Å². The van der Waals surface area contributed by atoms with Crippen molar-refractivity contribution < 1.29 is 19.5 Å². The van der Waals surface area contributed by atoms with Gasteiger partial charge >= 0.3 is 5.97 Å². The zero-order valence-electron chi connectivity index (χ0n) is 13.8. The van der Waals surface area contributed by atoms with E-state index in [1.54, 1.807) is 11.8 Å². The van der Waals surface area contributed by atoms with Crippen LogP contribution in [0.1, 0.15) is 46.5 Å². The highest BCUT2D eigenvalue weighted by molar-refractivity contribution is 5.82. The first-order valence-corrected chi connectivity index (χ1v) is 8.13. The van der Waals surface area contributed by atoms with E-state index in [0.717, 1.165) is 25.8 Å². The molecule has 22 heavy (non-hydrogen) atoms. The van der Waals surface area contributed by atoms with Crippen molar-refractivity contribution in [3.05, 3.63) is 0 Å². The van der Waals surface area contributed by atoms with Gasteiger partial charge in [0.2, 0.25) is 11.8 Å². The fourth-order valence-electron chi connectivity index (χ4n) is 2.67. The third-order valence-corrected chi connectivity index (χ3v) is 4.29. The van der Waals surface area contributed by atoms with Crippen molar-refractivity contribution in [2.75, 3.05) is 19.6 Å². The lowest BCUT2D eigenvalue weighted by Crippen LogP contribution is -2.47. The molecule has 0 spiro atoms. The van der Waals surface area contributed by atoms with E-state index in [1.807, 2.05) is 13.8 Å². The maximum atomic E-state index is 12.2. The Labute approximate surface area is 132 Å². The number of aliphatic carboxylic acids is 1. The summed E-state index contributed by atoms with van der Waals surface area (Å²) in [5.41, 5.74) is 0. The Bertz CT molecular complexity index is 411. The minimum Gasteiger partial charge on any atom is -0.481 e. The zero-order chi connectivity index (χ0) is 16.7. The molecule has 1 rings (SSSR count). The molecule has 6 nitrogen and oxygen atoms in total. The van der Waals surface area contributed by atoms with Gasteiger partial charge in [0.25, 0.3) is 0 Å². The second-order valence-corrected chi connectivity index (χ2v) is 6.38. The molecule has 0 aliphatic carbocycles. The van der Waals surface area contributed by atoms with Crippen molar-refractivity contribution in [1.82, 2.24) is 10.2 Å². The van der Waals surface area contributed by atoms with Gasteiger partial charge in [0.05, 0.1) is 5.92 Å². The molecule has 3 atom stereocenters. The molecular weight excluding hydrogens is 284 g/mol. The van der Waals surface area contributed by atoms with Crippen LogP contribution in [0.3, 0.4) is 0 Å². The maximum absolute atomic E-state index is 12.2. The molecule has 1 fully saturated rings. The number of rotatable bonds is 7. The lowest BCUT2D eigenvalue weighted by molar-refractivity contribution is -0.140. The van der Waals surface area contributed by atoms with E-state index in [1.165, 1.54) is 0 Å². The van der Waals surface area contributed by atoms with Crippen LogP contribution in [0.2, 0.25) is 0 Å². The molecule has 1 aliphatic heterocycles. The molecule has 3 unspecified atom stereocenters. The molecule has 1 saturated heterocycles. The normalized spacial score (nSPS) is 21.0. The molecule has 126 valence electrons. The van der Waals surface area contributed by atoms with E-state index in [-0.39, 0.29) is 36.0 Å². The lowest BCUT2D eigenvalue weighted by atomic mass is 9.95. The summed E-state index contributed by atoms with van der Waals surface area (Å²) in [5, 5.41) is 11.5. The monoisotopic (exact) mass is 312 g/mol. The number of likely N-dealkylation sites (tertiary alicyclic amines) is 1. The molecule has 0 aromatic carbocycles. The van der Waals surface area contributed by atoms with E-state index in [9.17, 15) is 14.4 Å². The SMILES string of the molecule is CCC(C)C(=O)N1CCCC(C(=O)NCC(C)CC(=O)O)C1. The second-order valence-electron chi connectivity index (χ2n) is 6.38. The molecule has 0 aromatic heterocycles. The van der Waals surface area contributed by atoms with Crippen LogP contribution in [0, 0.1) is 17.8 Å². The molecule has 1 aliphatic rings. The summed E-state index contributed by atoms with van der Waals surface area (Å²) in [7, 11) is 0. The summed E-state index contributed by atoms with van der Waals surface area (Å²) in [6.07, 6.45) is 2.47. The predicted molar refractivity (Wildman–Crippen MR) is 83.2 cm³/mol. The standard InChI is InChI=1S/C16H28N2O4/c1-4-12(3)16(22)18-7-5-6-13(10-18)15(21)17-9-11(2)8-14(19)20/h11-13H,4-10H2,1-3H3,(H,17,21)(H,19,20). The number of carboxylic acid groups (broad SMARTS) is 1. The quantitative estimate of drug-likeness (QED) is 0.746. The highest BCUT2D eigenvalue weighted by atomic mass is 16.4. The number of carbonyl (C=O) groups is 3. The number of hydrogen-bond donors (Lipinski definition) is 2. The summed E-state index contributed by atoms with van der Waals surface area (Å²) in [6.45, 7) is 7.26. The van der Waals surface area contributed by atoms with E-state index >= 15 is 0 Å². The Kier molecular flexibility index (Phi) is 7.35. The van der Waals surface area contributed by atoms with Gasteiger partial charge in [-0.3, -0.25) is 14.4 Å². The fraction of sp³-hybridized carbons (Fsp3) is 0.812. The molecule has 2 amide bonds. The van der Waals surface area contributed by atoms with Crippen LogP contribution in [0.15, 0.2) is 0 Å². The van der Waals surface area contributed by atoms with Crippen LogP contribution in [0.4, 0.5) is 0 Å². The van der Waals surface area contributed by atoms with Crippen molar-refractivity contribution in [1.29, 1.82) is 0 Å². The van der Waals surface area contributed by atoms with Crippen LogP contribution in [0.25, 0.3) is 0 Å². The molecule has 0 saturated carbocycles. The van der Waals surface area contributed by atoms with Gasteiger partial charge in [-0.25, -0.2) is 0 Å². The second kappa shape index (κ2) is 8.76. The average molecular weight is 312 g/mol. The van der Waals surface area contributed by atoms with Gasteiger partial charge in [-0.15, -0.1) is 0 Å². The summed E-state index contributed by atoms with van der Waals surface area (Å²) in [5.74, 6) is -1.08. The van der Waals surface area contributed by atoms with E-state index in [2.05, 4.69) is 5.32 Å². The molecular formula is C16H28N2O4. The van der Waals surface area contributed by atoms with Crippen LogP contribution < -0.4 is 5.32 Å². The number of carboxylic acids is 1. The number of nitrogens with zero attached hydrogens (tertiary/aromatic N) is 1. The van der Waals surface area contributed by atoms with E-state index in [4.69, 9.17) is 5.11 Å². The number of amides is 2. The zero-order valence-corrected chi connectivity index (χ0v) is 13.8. The molecule has 6 heteroatoms. The number of nitrogens with one attached hydrogen (secondary N) is 1. The molecule has 2 N–H and O–H groups in total. The topological polar surface area (TPSA) is 86.7 Å². The summed E-state index contributed by atoms with van der Waals surface area (Å²) in [6, 6.07) is 0. The fourth-order valence-corrected chi connectivity index (χ4v) is 2.67. The van der Waals surface area contributed by atoms with Crippen LogP contribution in [0.5, 0.6) is 0 Å². The van der Waals surface area contributed by atoms with Crippen LogP contribution in [-0.2, 0) is 14.4 Å². The number of carbonyl (C=O) groups excluding carboxylic acids is 2. The van der Waals surface area contributed by atoms with Crippen molar-refractivity contribution in [2.24, 2.45) is 17.8 Å². The summed E-state index contributed by atoms with van der Waals surface area (Å²) in [4.78, 5) is 36.8. The third kappa shape index (κ3) is 5.66. The van der Waals surface area contributed by atoms with Crippen molar-refractivity contribution in [3.63, 3.8) is 0 Å². The maximum Gasteiger partial charge on any atom is 0.303 e. The Morgan fingerprint density at radius 2 is 2.00 bits per heavy atom. The first kappa shape index (κ1) is 18.5. The van der Waals surface area contributed by atoms with Gasteiger partial charge in [0, 0.05) is 32.0 Å². The molecule has 1 heterocycles. The Balaban J connectivity index is 2.45. The Morgan fingerprint density at radius 1 is 1.32 bits per heavy atom. The van der Waals surface area contributed by atoms with Gasteiger partial charge < -0.3 is 15.3 Å². The van der Waals surface area contributed by atoms with Gasteiger partial charge in [-0.05, 0) is 25.2 Å². The van der Waals surface area contributed by atoms with Crippen molar-refractivity contribution >= 4 is 17.8 Å². The van der Waals surface area contributed by atoms with E-state index < -0.39 is 5.97 Å². The lowest BCUT2D eigenvalue weighted by Gasteiger charge is -2.33. The molecule has 0 bridgehead atoms. The highest BCUT2D eigenvalue weighted by Crippen LogP contribution is 2.19. The molecule has 0 aromatic rings. The predicted octanol–water partition coefficient (Wildman–Crippen LogP) is 1.50. The first-order valence-electron chi connectivity index (χ1n) is 8.13. The Hall–Kier alpha value is -1.59. The highest BCUT2D eigenvalue weighted by Gasteiger charge is 2.29. The largest absolute Gasteiger partial charge is 0.481 e. The van der Waals surface area contributed by atoms with E-state index in [0.29, 0.717) is 13.1 Å². The smallest absolute Gasteiger partial charge is 0.303 e. The van der Waals surface area contributed by atoms with Crippen molar-refractivity contribution in [3.8, 4) is 0 Å². The number of piperidine rings is 1. The van der Waals surface area contributed by atoms with Gasteiger partial charge in [0.1, 0.15) is 0 Å². The van der Waals surface area contributed by atoms with Crippen LogP contribution in [-0.4, -0.2) is 47.4 Å². The summed E-state index contributed by atoms with van der Waals surface area (Å²) < 4.78 is 0.